The predicted molar refractivity (Wildman–Crippen MR) is 106 cm³/mol. The molecule has 1 aromatic carbocycles. The minimum atomic E-state index is -0.607. The van der Waals surface area contributed by atoms with Gasteiger partial charge in [-0.25, -0.2) is 15.0 Å². The number of nitrogens with zero attached hydrogens (tertiary/aromatic N) is 6. The lowest BCUT2D eigenvalue weighted by atomic mass is 10.2. The maximum Gasteiger partial charge on any atom is 0.262 e. The van der Waals surface area contributed by atoms with Crippen molar-refractivity contribution in [2.24, 2.45) is 0 Å². The topological polar surface area (TPSA) is 84.2 Å². The van der Waals surface area contributed by atoms with Crippen molar-refractivity contribution >= 4 is 22.8 Å². The Bertz CT molecular complexity index is 1060. The number of hydrogen-bond donors (Lipinski definition) is 0. The number of fused-ring (bicyclic) bond motifs is 1. The summed E-state index contributed by atoms with van der Waals surface area (Å²) in [7, 11) is 0. The molecule has 0 bridgehead atoms. The molecule has 2 aromatic heterocycles. The normalized spacial score (nSPS) is 15.6. The molecule has 0 aliphatic carbocycles. The zero-order valence-corrected chi connectivity index (χ0v) is 15.9. The van der Waals surface area contributed by atoms with Gasteiger partial charge in [0.2, 0.25) is 11.9 Å². The molecule has 8 nitrogen and oxygen atoms in total. The van der Waals surface area contributed by atoms with Crippen LogP contribution in [0.4, 0.5) is 5.95 Å². The van der Waals surface area contributed by atoms with Gasteiger partial charge in [0.05, 0.1) is 10.9 Å². The molecule has 4 rings (SSSR count). The molecule has 1 aliphatic heterocycles. The van der Waals surface area contributed by atoms with Crippen LogP contribution in [0.3, 0.4) is 0 Å². The van der Waals surface area contributed by atoms with Crippen LogP contribution in [-0.4, -0.2) is 56.5 Å². The van der Waals surface area contributed by atoms with Crippen LogP contribution in [0.5, 0.6) is 0 Å². The number of carbonyl (C=O) groups excluding carboxylic acids is 1. The average Bonchev–Trinajstić information content (AvgIpc) is 2.74. The van der Waals surface area contributed by atoms with E-state index in [2.05, 4.69) is 19.9 Å². The molecule has 1 atom stereocenters. The average molecular weight is 378 g/mol. The molecule has 8 heteroatoms. The lowest BCUT2D eigenvalue weighted by Crippen LogP contribution is -2.51. The van der Waals surface area contributed by atoms with Crippen LogP contribution in [0.25, 0.3) is 10.9 Å². The number of amides is 1. The van der Waals surface area contributed by atoms with E-state index in [4.69, 9.17) is 0 Å². The van der Waals surface area contributed by atoms with E-state index in [-0.39, 0.29) is 11.5 Å². The lowest BCUT2D eigenvalue weighted by Gasteiger charge is -2.36. The van der Waals surface area contributed by atoms with Gasteiger partial charge in [-0.05, 0) is 32.0 Å². The molecular weight excluding hydrogens is 356 g/mol. The lowest BCUT2D eigenvalue weighted by molar-refractivity contribution is -0.134. The predicted octanol–water partition coefficient (Wildman–Crippen LogP) is 1.40. The number of para-hydroxylation sites is 1. The summed E-state index contributed by atoms with van der Waals surface area (Å²) in [6, 6.07) is 8.39. The Balaban J connectivity index is 1.53. The summed E-state index contributed by atoms with van der Waals surface area (Å²) >= 11 is 0. The number of piperazine rings is 1. The van der Waals surface area contributed by atoms with Gasteiger partial charge in [-0.15, -0.1) is 0 Å². The van der Waals surface area contributed by atoms with E-state index >= 15 is 0 Å². The van der Waals surface area contributed by atoms with Gasteiger partial charge in [0.25, 0.3) is 5.56 Å². The van der Waals surface area contributed by atoms with Crippen molar-refractivity contribution in [3.8, 4) is 0 Å². The molecular formula is C20H22N6O2. The highest BCUT2D eigenvalue weighted by molar-refractivity contribution is 5.82. The van der Waals surface area contributed by atoms with Gasteiger partial charge in [0, 0.05) is 38.6 Å². The number of carbonyl (C=O) groups is 1. The Morgan fingerprint density at radius 3 is 2.43 bits per heavy atom. The second-order valence-electron chi connectivity index (χ2n) is 6.89. The molecule has 3 heterocycles. The van der Waals surface area contributed by atoms with Crippen molar-refractivity contribution in [1.29, 1.82) is 0 Å². The van der Waals surface area contributed by atoms with Gasteiger partial charge in [0.1, 0.15) is 11.9 Å². The molecule has 1 aliphatic rings. The Labute approximate surface area is 162 Å². The van der Waals surface area contributed by atoms with Crippen LogP contribution in [-0.2, 0) is 4.79 Å². The summed E-state index contributed by atoms with van der Waals surface area (Å²) in [6.45, 7) is 5.98. The molecule has 0 spiro atoms. The number of aromatic nitrogens is 4. The van der Waals surface area contributed by atoms with Gasteiger partial charge < -0.3 is 9.80 Å². The second kappa shape index (κ2) is 7.38. The quantitative estimate of drug-likeness (QED) is 0.685. The fraction of sp³-hybridized carbons (Fsp3) is 0.350. The third-order valence-electron chi connectivity index (χ3n) is 5.16. The zero-order valence-electron chi connectivity index (χ0n) is 15.9. The highest BCUT2D eigenvalue weighted by Crippen LogP contribution is 2.16. The van der Waals surface area contributed by atoms with Crippen LogP contribution in [0, 0.1) is 6.92 Å². The summed E-state index contributed by atoms with van der Waals surface area (Å²) < 4.78 is 1.50. The highest BCUT2D eigenvalue weighted by Gasteiger charge is 2.28. The number of anilines is 1. The number of rotatable bonds is 3. The molecule has 28 heavy (non-hydrogen) atoms. The van der Waals surface area contributed by atoms with Crippen molar-refractivity contribution in [2.75, 3.05) is 31.1 Å². The highest BCUT2D eigenvalue weighted by atomic mass is 16.2. The fourth-order valence-electron chi connectivity index (χ4n) is 3.67. The first-order valence-corrected chi connectivity index (χ1v) is 9.35. The molecule has 144 valence electrons. The molecule has 0 N–H and O–H groups in total. The van der Waals surface area contributed by atoms with Crippen LogP contribution < -0.4 is 10.5 Å². The third kappa shape index (κ3) is 3.21. The summed E-state index contributed by atoms with van der Waals surface area (Å²) in [5.41, 5.74) is 0.470. The van der Waals surface area contributed by atoms with Gasteiger partial charge in [-0.2, -0.15) is 0 Å². The smallest absolute Gasteiger partial charge is 0.262 e. The Morgan fingerprint density at radius 1 is 1.04 bits per heavy atom. The molecule has 0 unspecified atom stereocenters. The van der Waals surface area contributed by atoms with E-state index < -0.39 is 6.04 Å². The third-order valence-corrected chi connectivity index (χ3v) is 5.16. The Morgan fingerprint density at radius 2 is 1.71 bits per heavy atom. The Hall–Kier alpha value is -3.29. The van der Waals surface area contributed by atoms with Crippen LogP contribution >= 0.6 is 0 Å². The molecule has 1 amide bonds. The molecule has 3 aromatic rings. The Kier molecular flexibility index (Phi) is 4.77. The van der Waals surface area contributed by atoms with Gasteiger partial charge >= 0.3 is 0 Å². The maximum atomic E-state index is 13.1. The van der Waals surface area contributed by atoms with E-state index in [1.807, 2.05) is 18.2 Å². The van der Waals surface area contributed by atoms with E-state index in [1.165, 1.54) is 4.57 Å². The van der Waals surface area contributed by atoms with Crippen molar-refractivity contribution in [3.63, 3.8) is 0 Å². The van der Waals surface area contributed by atoms with Crippen LogP contribution in [0.2, 0.25) is 0 Å². The molecule has 1 saturated heterocycles. The summed E-state index contributed by atoms with van der Waals surface area (Å²) in [4.78, 5) is 42.9. The number of hydrogen-bond acceptors (Lipinski definition) is 6. The monoisotopic (exact) mass is 378 g/mol. The van der Waals surface area contributed by atoms with E-state index in [9.17, 15) is 9.59 Å². The minimum Gasteiger partial charge on any atom is -0.337 e. The largest absolute Gasteiger partial charge is 0.337 e. The molecule has 0 radical (unpaired) electrons. The van der Waals surface area contributed by atoms with Crippen molar-refractivity contribution < 1.29 is 4.79 Å². The van der Waals surface area contributed by atoms with E-state index in [1.54, 1.807) is 43.3 Å². The zero-order chi connectivity index (χ0) is 19.7. The van der Waals surface area contributed by atoms with E-state index in [0.29, 0.717) is 48.9 Å². The number of benzene rings is 1. The van der Waals surface area contributed by atoms with Crippen LogP contribution in [0.15, 0.2) is 47.5 Å². The van der Waals surface area contributed by atoms with Crippen molar-refractivity contribution in [2.45, 2.75) is 19.9 Å². The molecule has 0 saturated carbocycles. The van der Waals surface area contributed by atoms with Crippen molar-refractivity contribution in [3.05, 3.63) is 58.9 Å². The van der Waals surface area contributed by atoms with Gasteiger partial charge in [-0.1, -0.05) is 12.1 Å². The standard InChI is InChI=1S/C20H22N6O2/c1-14(26-15(2)23-17-7-4-3-6-16(17)19(26)28)18(27)24-10-12-25(13-11-24)20-21-8-5-9-22-20/h3-9,14H,10-13H2,1-2H3/t14-/m1/s1. The first-order valence-electron chi connectivity index (χ1n) is 9.35. The SMILES string of the molecule is Cc1nc2ccccc2c(=O)n1[C@H](C)C(=O)N1CCN(c2ncccn2)CC1. The first-order chi connectivity index (χ1) is 13.6. The van der Waals surface area contributed by atoms with E-state index in [0.717, 1.165) is 0 Å². The first kappa shape index (κ1) is 18.1. The maximum absolute atomic E-state index is 13.1. The number of aryl methyl sites for hydroxylation is 1. The summed E-state index contributed by atoms with van der Waals surface area (Å²) in [6.07, 6.45) is 3.42. The van der Waals surface area contributed by atoms with Gasteiger partial charge in [-0.3, -0.25) is 14.2 Å². The fourth-order valence-corrected chi connectivity index (χ4v) is 3.67. The second-order valence-corrected chi connectivity index (χ2v) is 6.89. The molecule has 1 fully saturated rings. The van der Waals surface area contributed by atoms with Gasteiger partial charge in [0.15, 0.2) is 0 Å². The summed E-state index contributed by atoms with van der Waals surface area (Å²) in [5.74, 6) is 1.14. The van der Waals surface area contributed by atoms with Crippen molar-refractivity contribution in [1.82, 2.24) is 24.4 Å². The minimum absolute atomic E-state index is 0.0732. The summed E-state index contributed by atoms with van der Waals surface area (Å²) in [5, 5.41) is 0.527. The van der Waals surface area contributed by atoms with Crippen LogP contribution in [0.1, 0.15) is 18.8 Å².